The monoisotopic (exact) mass is 343 g/mol. The van der Waals surface area contributed by atoms with Crippen molar-refractivity contribution in [2.45, 2.75) is 19.4 Å². The minimum atomic E-state index is 0.690. The van der Waals surface area contributed by atoms with Crippen LogP contribution in [0.15, 0.2) is 29.9 Å². The predicted molar refractivity (Wildman–Crippen MR) is 99.7 cm³/mol. The van der Waals surface area contributed by atoms with Gasteiger partial charge in [-0.15, -0.1) is 11.3 Å². The van der Waals surface area contributed by atoms with E-state index in [1.807, 2.05) is 12.3 Å². The van der Waals surface area contributed by atoms with E-state index >= 15 is 0 Å². The van der Waals surface area contributed by atoms with Crippen LogP contribution in [0.3, 0.4) is 0 Å². The summed E-state index contributed by atoms with van der Waals surface area (Å²) >= 11 is 1.75. The van der Waals surface area contributed by atoms with Gasteiger partial charge in [-0.25, -0.2) is 4.98 Å². The third-order valence-corrected chi connectivity index (χ3v) is 6.16. The van der Waals surface area contributed by atoms with Gasteiger partial charge >= 0.3 is 0 Å². The summed E-state index contributed by atoms with van der Waals surface area (Å²) in [6.45, 7) is 10.5. The predicted octanol–water partition coefficient (Wildman–Crippen LogP) is 2.42. The van der Waals surface area contributed by atoms with Crippen LogP contribution >= 0.6 is 11.3 Å². The second-order valence-electron chi connectivity index (χ2n) is 6.62. The van der Waals surface area contributed by atoms with Gasteiger partial charge in [0.25, 0.3) is 0 Å². The Morgan fingerprint density at radius 3 is 2.83 bits per heavy atom. The van der Waals surface area contributed by atoms with Gasteiger partial charge in [0, 0.05) is 68.6 Å². The van der Waals surface area contributed by atoms with E-state index in [1.54, 1.807) is 17.5 Å². The zero-order valence-electron chi connectivity index (χ0n) is 14.3. The Hall–Kier alpha value is -1.50. The molecule has 5 nitrogen and oxygen atoms in total. The molecule has 0 aliphatic carbocycles. The first-order valence-corrected chi connectivity index (χ1v) is 9.78. The molecule has 2 saturated heterocycles. The van der Waals surface area contributed by atoms with Gasteiger partial charge in [-0.2, -0.15) is 0 Å². The molecular weight excluding hydrogens is 318 g/mol. The van der Waals surface area contributed by atoms with Gasteiger partial charge in [-0.1, -0.05) is 6.92 Å². The number of piperazine rings is 1. The van der Waals surface area contributed by atoms with Gasteiger partial charge in [-0.3, -0.25) is 9.88 Å². The van der Waals surface area contributed by atoms with E-state index < -0.39 is 0 Å². The van der Waals surface area contributed by atoms with Crippen LogP contribution in [0.5, 0.6) is 0 Å². The molecule has 2 fully saturated rings. The summed E-state index contributed by atoms with van der Waals surface area (Å²) in [6.07, 6.45) is 4.95. The van der Waals surface area contributed by atoms with Crippen molar-refractivity contribution < 1.29 is 0 Å². The fraction of sp³-hybridized carbons (Fsp3) is 0.556. The number of aromatic nitrogens is 2. The maximum Gasteiger partial charge on any atom is 0.185 e. The Kier molecular flexibility index (Phi) is 4.78. The van der Waals surface area contributed by atoms with Crippen molar-refractivity contribution >= 4 is 16.5 Å². The second-order valence-corrected chi connectivity index (χ2v) is 7.45. The van der Waals surface area contributed by atoms with Crippen molar-refractivity contribution in [1.29, 1.82) is 0 Å². The van der Waals surface area contributed by atoms with Crippen molar-refractivity contribution in [2.24, 2.45) is 0 Å². The molecule has 0 radical (unpaired) electrons. The number of anilines is 1. The molecule has 0 aromatic carbocycles. The summed E-state index contributed by atoms with van der Waals surface area (Å²) in [5, 5.41) is 3.31. The maximum absolute atomic E-state index is 4.85. The van der Waals surface area contributed by atoms with E-state index in [0.717, 1.165) is 29.5 Å². The average Bonchev–Trinajstić information content (AvgIpc) is 3.32. The molecule has 4 heterocycles. The van der Waals surface area contributed by atoms with Gasteiger partial charge in [0.05, 0.1) is 5.69 Å². The van der Waals surface area contributed by atoms with E-state index in [1.165, 1.54) is 39.1 Å². The summed E-state index contributed by atoms with van der Waals surface area (Å²) in [6, 6.07) is 4.73. The molecule has 0 saturated carbocycles. The summed E-state index contributed by atoms with van der Waals surface area (Å²) < 4.78 is 0. The van der Waals surface area contributed by atoms with E-state index in [0.29, 0.717) is 6.04 Å². The van der Waals surface area contributed by atoms with Crippen LogP contribution in [-0.4, -0.2) is 71.6 Å². The van der Waals surface area contributed by atoms with Crippen molar-refractivity contribution in [3.63, 3.8) is 0 Å². The lowest BCUT2D eigenvalue weighted by molar-refractivity contribution is 0.107. The third-order valence-electron chi connectivity index (χ3n) is 5.25. The Morgan fingerprint density at radius 2 is 2.08 bits per heavy atom. The smallest absolute Gasteiger partial charge is 0.185 e. The van der Waals surface area contributed by atoms with Crippen LogP contribution in [-0.2, 0) is 0 Å². The summed E-state index contributed by atoms with van der Waals surface area (Å²) in [4.78, 5) is 16.7. The van der Waals surface area contributed by atoms with Gasteiger partial charge in [0.2, 0.25) is 0 Å². The minimum Gasteiger partial charge on any atom is -0.346 e. The van der Waals surface area contributed by atoms with Crippen LogP contribution < -0.4 is 4.90 Å². The van der Waals surface area contributed by atoms with Crippen LogP contribution in [0.1, 0.15) is 13.3 Å². The normalized spacial score (nSPS) is 23.0. The number of pyridine rings is 1. The first-order valence-electron chi connectivity index (χ1n) is 8.91. The van der Waals surface area contributed by atoms with E-state index in [4.69, 9.17) is 4.98 Å². The van der Waals surface area contributed by atoms with Crippen LogP contribution in [0.4, 0.5) is 5.13 Å². The standard InChI is InChI=1S/C18H25N5S/c1-2-21-8-10-22(11-9-21)16-5-7-23(13-16)18-20-17(14-24-18)15-4-3-6-19-12-15/h3-4,6,12,14,16H,2,5,7-11,13H2,1H3. The molecule has 0 amide bonds. The fourth-order valence-electron chi connectivity index (χ4n) is 3.71. The SMILES string of the molecule is CCN1CCN(C2CCN(c3nc(-c4cccnc4)cs3)C2)CC1. The molecule has 6 heteroatoms. The molecular formula is C18H25N5S. The summed E-state index contributed by atoms with van der Waals surface area (Å²) in [5.74, 6) is 0. The number of likely N-dealkylation sites (N-methyl/N-ethyl adjacent to an activating group) is 1. The maximum atomic E-state index is 4.85. The van der Waals surface area contributed by atoms with Crippen molar-refractivity contribution in [3.05, 3.63) is 29.9 Å². The molecule has 1 atom stereocenters. The molecule has 0 N–H and O–H groups in total. The highest BCUT2D eigenvalue weighted by atomic mass is 32.1. The quantitative estimate of drug-likeness (QED) is 0.852. The van der Waals surface area contributed by atoms with Crippen molar-refractivity contribution in [1.82, 2.24) is 19.8 Å². The highest BCUT2D eigenvalue weighted by molar-refractivity contribution is 7.14. The fourth-order valence-corrected chi connectivity index (χ4v) is 4.59. The van der Waals surface area contributed by atoms with Gasteiger partial charge in [-0.05, 0) is 25.1 Å². The molecule has 128 valence electrons. The number of hydrogen-bond donors (Lipinski definition) is 0. The van der Waals surface area contributed by atoms with Crippen LogP contribution in [0.2, 0.25) is 0 Å². The molecule has 2 aromatic heterocycles. The summed E-state index contributed by atoms with van der Waals surface area (Å²) in [7, 11) is 0. The lowest BCUT2D eigenvalue weighted by Gasteiger charge is -2.37. The first kappa shape index (κ1) is 16.0. The number of hydrogen-bond acceptors (Lipinski definition) is 6. The zero-order chi connectivity index (χ0) is 16.4. The van der Waals surface area contributed by atoms with E-state index in [2.05, 4.69) is 38.1 Å². The molecule has 0 bridgehead atoms. The molecule has 2 aliphatic heterocycles. The van der Waals surface area contributed by atoms with Gasteiger partial charge in [0.15, 0.2) is 5.13 Å². The average molecular weight is 344 g/mol. The van der Waals surface area contributed by atoms with Crippen LogP contribution in [0, 0.1) is 0 Å². The molecule has 2 aromatic rings. The van der Waals surface area contributed by atoms with Crippen LogP contribution in [0.25, 0.3) is 11.3 Å². The lowest BCUT2D eigenvalue weighted by atomic mass is 10.2. The first-order chi connectivity index (χ1) is 11.8. The van der Waals surface area contributed by atoms with Crippen molar-refractivity contribution in [2.75, 3.05) is 50.7 Å². The Morgan fingerprint density at radius 1 is 1.21 bits per heavy atom. The highest BCUT2D eigenvalue weighted by Gasteiger charge is 2.30. The molecule has 2 aliphatic rings. The second kappa shape index (κ2) is 7.17. The Bertz CT molecular complexity index is 650. The number of thiazole rings is 1. The molecule has 24 heavy (non-hydrogen) atoms. The Labute approximate surface area is 147 Å². The number of nitrogens with zero attached hydrogens (tertiary/aromatic N) is 5. The van der Waals surface area contributed by atoms with E-state index in [-0.39, 0.29) is 0 Å². The van der Waals surface area contributed by atoms with E-state index in [9.17, 15) is 0 Å². The lowest BCUT2D eigenvalue weighted by Crippen LogP contribution is -2.50. The minimum absolute atomic E-state index is 0.690. The molecule has 4 rings (SSSR count). The summed E-state index contributed by atoms with van der Waals surface area (Å²) in [5.41, 5.74) is 2.15. The Balaban J connectivity index is 1.38. The largest absolute Gasteiger partial charge is 0.346 e. The van der Waals surface area contributed by atoms with Crippen molar-refractivity contribution in [3.8, 4) is 11.3 Å². The molecule has 1 unspecified atom stereocenters. The third kappa shape index (κ3) is 3.31. The van der Waals surface area contributed by atoms with Gasteiger partial charge < -0.3 is 9.80 Å². The highest BCUT2D eigenvalue weighted by Crippen LogP contribution is 2.30. The topological polar surface area (TPSA) is 35.5 Å². The zero-order valence-corrected chi connectivity index (χ0v) is 15.1. The van der Waals surface area contributed by atoms with Gasteiger partial charge in [0.1, 0.15) is 0 Å². The molecule has 0 spiro atoms. The number of rotatable bonds is 4.